The maximum Gasteiger partial charge on any atom is 0.332 e. The maximum atomic E-state index is 12.2. The van der Waals surface area contributed by atoms with E-state index in [1.165, 1.54) is 25.8 Å². The first-order valence-electron chi connectivity index (χ1n) is 6.08. The van der Waals surface area contributed by atoms with Crippen LogP contribution in [0.15, 0.2) is 14.6 Å². The first-order valence-corrected chi connectivity index (χ1v) is 6.08. The Kier molecular flexibility index (Phi) is 3.47. The van der Waals surface area contributed by atoms with E-state index in [1.54, 1.807) is 0 Å². The molecule has 0 amide bonds. The van der Waals surface area contributed by atoms with Crippen molar-refractivity contribution in [3.8, 4) is 0 Å². The van der Waals surface area contributed by atoms with Crippen molar-refractivity contribution in [1.82, 2.24) is 9.13 Å². The summed E-state index contributed by atoms with van der Waals surface area (Å²) in [6.45, 7) is 0. The number of nitrogen functional groups attached to an aromatic ring is 1. The van der Waals surface area contributed by atoms with Gasteiger partial charge in [-0.2, -0.15) is 0 Å². The molecule has 8 heteroatoms. The molecule has 2 N–H and O–H groups in total. The van der Waals surface area contributed by atoms with Gasteiger partial charge >= 0.3 is 11.7 Å². The molecule has 1 aliphatic rings. The molecule has 2 rings (SSSR count). The molecule has 1 aromatic rings. The smallest absolute Gasteiger partial charge is 0.332 e. The van der Waals surface area contributed by atoms with Crippen molar-refractivity contribution in [3.63, 3.8) is 0 Å². The summed E-state index contributed by atoms with van der Waals surface area (Å²) in [6, 6.07) is -0.614. The summed E-state index contributed by atoms with van der Waals surface area (Å²) in [5.74, 6) is -0.386. The Bertz CT molecular complexity index is 713. The minimum atomic E-state index is -0.614. The zero-order valence-electron chi connectivity index (χ0n) is 11.5. The summed E-state index contributed by atoms with van der Waals surface area (Å²) < 4.78 is 6.79. The molecule has 1 unspecified atom stereocenters. The Morgan fingerprint density at radius 3 is 2.60 bits per heavy atom. The molecule has 1 atom stereocenters. The number of esters is 1. The molecule has 8 nitrogen and oxygen atoms in total. The van der Waals surface area contributed by atoms with Crippen molar-refractivity contribution in [2.24, 2.45) is 19.1 Å². The van der Waals surface area contributed by atoms with Crippen molar-refractivity contribution in [1.29, 1.82) is 0 Å². The van der Waals surface area contributed by atoms with Crippen LogP contribution in [0.2, 0.25) is 0 Å². The van der Waals surface area contributed by atoms with Gasteiger partial charge in [0.25, 0.3) is 5.56 Å². The van der Waals surface area contributed by atoms with Gasteiger partial charge in [0.2, 0.25) is 0 Å². The van der Waals surface area contributed by atoms with Gasteiger partial charge in [-0.1, -0.05) is 0 Å². The number of hydrogen-bond donors (Lipinski definition) is 1. The number of rotatable bonds is 2. The Morgan fingerprint density at radius 2 is 2.00 bits per heavy atom. The van der Waals surface area contributed by atoms with E-state index in [0.29, 0.717) is 18.6 Å². The highest BCUT2D eigenvalue weighted by Crippen LogP contribution is 2.20. The van der Waals surface area contributed by atoms with Crippen LogP contribution in [0.25, 0.3) is 0 Å². The van der Waals surface area contributed by atoms with Gasteiger partial charge in [0.1, 0.15) is 17.4 Å². The fraction of sp³-hybridized carbons (Fsp3) is 0.500. The van der Waals surface area contributed by atoms with Gasteiger partial charge in [0, 0.05) is 14.1 Å². The summed E-state index contributed by atoms with van der Waals surface area (Å²) in [7, 11) is 4.14. The molecule has 0 aliphatic carbocycles. The molecule has 0 radical (unpaired) electrons. The van der Waals surface area contributed by atoms with Crippen molar-refractivity contribution >= 4 is 17.5 Å². The topological polar surface area (TPSA) is 109 Å². The third-order valence-corrected chi connectivity index (χ3v) is 3.44. The SMILES string of the molecule is COC(=O)C1CCC(c2c(N)n(C)c(=O)n(C)c2=O)=N1. The van der Waals surface area contributed by atoms with E-state index in [-0.39, 0.29) is 11.4 Å². The summed E-state index contributed by atoms with van der Waals surface area (Å²) in [5, 5.41) is 0. The fourth-order valence-corrected chi connectivity index (χ4v) is 2.22. The molecule has 1 aromatic heterocycles. The standard InChI is InChI=1S/C12H16N4O4/c1-15-9(13)8(10(17)16(2)12(15)19)6-4-5-7(14-6)11(18)20-3/h7H,4-5,13H2,1-3H3. The molecule has 0 bridgehead atoms. The Morgan fingerprint density at radius 1 is 1.35 bits per heavy atom. The lowest BCUT2D eigenvalue weighted by Crippen LogP contribution is -2.41. The van der Waals surface area contributed by atoms with Crippen molar-refractivity contribution < 1.29 is 9.53 Å². The van der Waals surface area contributed by atoms with E-state index in [0.717, 1.165) is 4.57 Å². The van der Waals surface area contributed by atoms with Crippen LogP contribution >= 0.6 is 0 Å². The molecule has 108 valence electrons. The van der Waals surface area contributed by atoms with E-state index in [9.17, 15) is 14.4 Å². The highest BCUT2D eigenvalue weighted by Gasteiger charge is 2.29. The van der Waals surface area contributed by atoms with E-state index in [4.69, 9.17) is 5.73 Å². The average Bonchev–Trinajstić information content (AvgIpc) is 2.92. The molecule has 20 heavy (non-hydrogen) atoms. The summed E-state index contributed by atoms with van der Waals surface area (Å²) in [4.78, 5) is 39.5. The number of nitrogens with zero attached hydrogens (tertiary/aromatic N) is 3. The molecular weight excluding hydrogens is 264 g/mol. The summed E-state index contributed by atoms with van der Waals surface area (Å²) in [5.41, 5.74) is 5.45. The number of anilines is 1. The number of aromatic nitrogens is 2. The molecule has 0 saturated heterocycles. The molecule has 0 saturated carbocycles. The second kappa shape index (κ2) is 4.95. The van der Waals surface area contributed by atoms with Crippen molar-refractivity contribution in [2.45, 2.75) is 18.9 Å². The van der Waals surface area contributed by atoms with Crippen molar-refractivity contribution in [2.75, 3.05) is 12.8 Å². The van der Waals surface area contributed by atoms with Crippen LogP contribution in [-0.4, -0.2) is 34.0 Å². The predicted octanol–water partition coefficient (Wildman–Crippen LogP) is -1.21. The van der Waals surface area contributed by atoms with E-state index in [1.807, 2.05) is 0 Å². The molecule has 0 fully saturated rings. The number of aliphatic imine (C=N–C) groups is 1. The highest BCUT2D eigenvalue weighted by molar-refractivity contribution is 6.06. The van der Waals surface area contributed by atoms with Crippen LogP contribution in [0.1, 0.15) is 18.4 Å². The molecule has 0 spiro atoms. The van der Waals surface area contributed by atoms with Crippen LogP contribution < -0.4 is 17.0 Å². The third kappa shape index (κ3) is 2.02. The highest BCUT2D eigenvalue weighted by atomic mass is 16.5. The lowest BCUT2D eigenvalue weighted by atomic mass is 10.1. The van der Waals surface area contributed by atoms with Gasteiger partial charge in [0.15, 0.2) is 0 Å². The Balaban J connectivity index is 2.59. The van der Waals surface area contributed by atoms with Gasteiger partial charge in [0.05, 0.1) is 12.8 Å². The Hall–Kier alpha value is -2.38. The first-order chi connectivity index (χ1) is 9.38. The van der Waals surface area contributed by atoms with Crippen LogP contribution in [0, 0.1) is 0 Å². The second-order valence-electron chi connectivity index (χ2n) is 4.62. The van der Waals surface area contributed by atoms with Crippen LogP contribution in [-0.2, 0) is 23.6 Å². The number of methoxy groups -OCH3 is 1. The average molecular weight is 280 g/mol. The number of nitrogens with two attached hydrogens (primary N) is 1. The predicted molar refractivity (Wildman–Crippen MR) is 72.9 cm³/mol. The monoisotopic (exact) mass is 280 g/mol. The van der Waals surface area contributed by atoms with Gasteiger partial charge < -0.3 is 10.5 Å². The van der Waals surface area contributed by atoms with Crippen LogP contribution in [0.3, 0.4) is 0 Å². The lowest BCUT2D eigenvalue weighted by Gasteiger charge is -2.11. The van der Waals surface area contributed by atoms with Gasteiger partial charge in [-0.15, -0.1) is 0 Å². The van der Waals surface area contributed by atoms with Gasteiger partial charge in [-0.05, 0) is 12.8 Å². The molecule has 2 heterocycles. The first kappa shape index (κ1) is 14.0. The number of hydrogen-bond acceptors (Lipinski definition) is 6. The maximum absolute atomic E-state index is 12.2. The number of carbonyl (C=O) groups excluding carboxylic acids is 1. The van der Waals surface area contributed by atoms with Crippen molar-refractivity contribution in [3.05, 3.63) is 26.4 Å². The Labute approximate surface area is 114 Å². The molecule has 1 aliphatic heterocycles. The number of ether oxygens (including phenoxy) is 1. The third-order valence-electron chi connectivity index (χ3n) is 3.44. The van der Waals surface area contributed by atoms with Crippen LogP contribution in [0.5, 0.6) is 0 Å². The van der Waals surface area contributed by atoms with Gasteiger partial charge in [-0.3, -0.25) is 18.9 Å². The summed E-state index contributed by atoms with van der Waals surface area (Å²) >= 11 is 0. The van der Waals surface area contributed by atoms with E-state index >= 15 is 0 Å². The molecule has 0 aromatic carbocycles. The quantitative estimate of drug-likeness (QED) is 0.684. The second-order valence-corrected chi connectivity index (χ2v) is 4.62. The normalized spacial score (nSPS) is 17.9. The zero-order valence-corrected chi connectivity index (χ0v) is 11.5. The van der Waals surface area contributed by atoms with E-state index in [2.05, 4.69) is 9.73 Å². The van der Waals surface area contributed by atoms with Gasteiger partial charge in [-0.25, -0.2) is 9.59 Å². The van der Waals surface area contributed by atoms with Crippen LogP contribution in [0.4, 0.5) is 5.82 Å². The minimum Gasteiger partial charge on any atom is -0.467 e. The lowest BCUT2D eigenvalue weighted by molar-refractivity contribution is -0.141. The fourth-order valence-electron chi connectivity index (χ4n) is 2.22. The summed E-state index contributed by atoms with van der Waals surface area (Å²) in [6.07, 6.45) is 0.908. The zero-order chi connectivity index (χ0) is 15.0. The number of carbonyl (C=O) groups is 1. The largest absolute Gasteiger partial charge is 0.467 e. The van der Waals surface area contributed by atoms with E-state index < -0.39 is 23.3 Å². The molecular formula is C12H16N4O4. The minimum absolute atomic E-state index is 0.0577.